The van der Waals surface area contributed by atoms with Crippen molar-refractivity contribution in [2.24, 2.45) is 0 Å². The van der Waals surface area contributed by atoms with E-state index in [1.807, 2.05) is 41.0 Å². The Morgan fingerprint density at radius 1 is 1.00 bits per heavy atom. The van der Waals surface area contributed by atoms with Gasteiger partial charge >= 0.3 is 0 Å². The first kappa shape index (κ1) is 23.2. The zero-order valence-electron chi connectivity index (χ0n) is 20.5. The highest BCUT2D eigenvalue weighted by Crippen LogP contribution is 2.45. The van der Waals surface area contributed by atoms with Crippen LogP contribution in [0.3, 0.4) is 0 Å². The van der Waals surface area contributed by atoms with Crippen LogP contribution in [0.15, 0.2) is 54.6 Å². The van der Waals surface area contributed by atoms with Crippen LogP contribution in [-0.4, -0.2) is 35.3 Å². The standard InChI is InChI=1S/C29H29ClN2O4/c1-34-21-7-8-25-23(12-21)24-13-26-22-14-28(35-2)29(36-16-18-3-5-20(30)6-4-18)11-19(22)9-10-31(26)15-27(24)32(25)17-33/h3-8,11-12,14,26,33H,9-10,13,15-17H2,1-2H3. The molecule has 3 heterocycles. The average molecular weight is 505 g/mol. The summed E-state index contributed by atoms with van der Waals surface area (Å²) in [6.45, 7) is 2.17. The molecule has 0 amide bonds. The predicted octanol–water partition coefficient (Wildman–Crippen LogP) is 5.50. The van der Waals surface area contributed by atoms with E-state index in [0.29, 0.717) is 11.6 Å². The molecule has 2 aliphatic rings. The fraction of sp³-hybridized carbons (Fsp3) is 0.310. The maximum absolute atomic E-state index is 10.2. The molecule has 0 spiro atoms. The number of fused-ring (bicyclic) bond motifs is 6. The van der Waals surface area contributed by atoms with Crippen molar-refractivity contribution >= 4 is 22.5 Å². The number of aromatic nitrogens is 1. The summed E-state index contributed by atoms with van der Waals surface area (Å²) in [7, 11) is 3.38. The molecule has 0 saturated heterocycles. The third-order valence-corrected chi connectivity index (χ3v) is 7.84. The molecule has 36 heavy (non-hydrogen) atoms. The number of ether oxygens (including phenoxy) is 3. The molecule has 6 rings (SSSR count). The lowest BCUT2D eigenvalue weighted by Gasteiger charge is -2.41. The third kappa shape index (κ3) is 3.90. The van der Waals surface area contributed by atoms with Gasteiger partial charge in [-0.2, -0.15) is 0 Å². The van der Waals surface area contributed by atoms with E-state index in [9.17, 15) is 5.11 Å². The van der Waals surface area contributed by atoms with Gasteiger partial charge in [-0.15, -0.1) is 0 Å². The van der Waals surface area contributed by atoms with Crippen molar-refractivity contribution in [2.75, 3.05) is 20.8 Å². The molecule has 186 valence electrons. The zero-order chi connectivity index (χ0) is 24.8. The van der Waals surface area contributed by atoms with Crippen LogP contribution in [0.1, 0.15) is 34.0 Å². The number of aliphatic hydroxyl groups excluding tert-OH is 1. The SMILES string of the molecule is COc1ccc2c(c1)c1c(n2CO)CN2CCc3cc(OCc4ccc(Cl)cc4)c(OC)cc3C2C1. The molecule has 0 fully saturated rings. The Morgan fingerprint density at radius 3 is 2.58 bits per heavy atom. The van der Waals surface area contributed by atoms with Crippen molar-refractivity contribution < 1.29 is 19.3 Å². The number of halogens is 1. The van der Waals surface area contributed by atoms with Crippen molar-refractivity contribution in [1.82, 2.24) is 9.47 Å². The third-order valence-electron chi connectivity index (χ3n) is 7.59. The first-order valence-electron chi connectivity index (χ1n) is 12.2. The van der Waals surface area contributed by atoms with Gasteiger partial charge in [0.15, 0.2) is 11.5 Å². The number of hydrogen-bond donors (Lipinski definition) is 1. The van der Waals surface area contributed by atoms with Crippen molar-refractivity contribution in [2.45, 2.75) is 38.8 Å². The van der Waals surface area contributed by atoms with Gasteiger partial charge < -0.3 is 23.9 Å². The van der Waals surface area contributed by atoms with E-state index in [-0.39, 0.29) is 12.8 Å². The fourth-order valence-electron chi connectivity index (χ4n) is 5.74. The largest absolute Gasteiger partial charge is 0.497 e. The molecule has 1 aromatic heterocycles. The molecule has 4 aromatic rings. The minimum absolute atomic E-state index is 0.0323. The summed E-state index contributed by atoms with van der Waals surface area (Å²) in [5.74, 6) is 2.34. The topological polar surface area (TPSA) is 56.1 Å². The minimum Gasteiger partial charge on any atom is -0.497 e. The highest BCUT2D eigenvalue weighted by atomic mass is 35.5. The Morgan fingerprint density at radius 2 is 1.83 bits per heavy atom. The molecule has 0 aliphatic carbocycles. The number of methoxy groups -OCH3 is 2. The molecule has 2 aliphatic heterocycles. The first-order valence-corrected chi connectivity index (χ1v) is 12.6. The van der Waals surface area contributed by atoms with Gasteiger partial charge in [0.1, 0.15) is 19.1 Å². The van der Waals surface area contributed by atoms with Crippen molar-refractivity contribution in [1.29, 1.82) is 0 Å². The quantitative estimate of drug-likeness (QED) is 0.376. The van der Waals surface area contributed by atoms with Crippen LogP contribution in [0.2, 0.25) is 5.02 Å². The summed E-state index contributed by atoms with van der Waals surface area (Å²) in [6.07, 6.45) is 1.81. The van der Waals surface area contributed by atoms with Gasteiger partial charge in [0, 0.05) is 35.2 Å². The molecular weight excluding hydrogens is 476 g/mol. The van der Waals surface area contributed by atoms with Crippen LogP contribution in [0.25, 0.3) is 10.9 Å². The second-order valence-corrected chi connectivity index (χ2v) is 9.87. The molecule has 7 heteroatoms. The lowest BCUT2D eigenvalue weighted by atomic mass is 9.85. The lowest BCUT2D eigenvalue weighted by Crippen LogP contribution is -2.39. The smallest absolute Gasteiger partial charge is 0.161 e. The molecule has 6 nitrogen and oxygen atoms in total. The van der Waals surface area contributed by atoms with Gasteiger partial charge in [-0.1, -0.05) is 23.7 Å². The normalized spacial score (nSPS) is 16.8. The number of nitrogens with zero attached hydrogens (tertiary/aromatic N) is 2. The molecular formula is C29H29ClN2O4. The van der Waals surface area contributed by atoms with E-state index in [1.54, 1.807) is 14.2 Å². The van der Waals surface area contributed by atoms with E-state index < -0.39 is 0 Å². The van der Waals surface area contributed by atoms with Crippen LogP contribution in [0.5, 0.6) is 17.2 Å². The highest BCUT2D eigenvalue weighted by molar-refractivity contribution is 6.30. The van der Waals surface area contributed by atoms with E-state index in [4.69, 9.17) is 25.8 Å². The molecule has 3 aromatic carbocycles. The Labute approximate surface area is 215 Å². The summed E-state index contributed by atoms with van der Waals surface area (Å²) >= 11 is 6.02. The van der Waals surface area contributed by atoms with Crippen LogP contribution < -0.4 is 14.2 Å². The molecule has 0 bridgehead atoms. The van der Waals surface area contributed by atoms with Gasteiger partial charge in [0.25, 0.3) is 0 Å². The molecule has 0 saturated carbocycles. The molecule has 1 unspecified atom stereocenters. The average Bonchev–Trinajstić information content (AvgIpc) is 3.22. The Kier molecular flexibility index (Phi) is 6.04. The van der Waals surface area contributed by atoms with E-state index in [0.717, 1.165) is 59.6 Å². The van der Waals surface area contributed by atoms with Gasteiger partial charge in [-0.25, -0.2) is 0 Å². The van der Waals surface area contributed by atoms with Crippen molar-refractivity contribution in [3.63, 3.8) is 0 Å². The van der Waals surface area contributed by atoms with Crippen molar-refractivity contribution in [3.05, 3.63) is 87.6 Å². The van der Waals surface area contributed by atoms with E-state index in [2.05, 4.69) is 23.1 Å². The lowest BCUT2D eigenvalue weighted by molar-refractivity contribution is 0.145. The number of aliphatic hydroxyl groups is 1. The number of benzene rings is 3. The summed E-state index contributed by atoms with van der Waals surface area (Å²) in [5, 5.41) is 12.0. The first-order chi connectivity index (χ1) is 17.6. The van der Waals surface area contributed by atoms with Gasteiger partial charge in [-0.3, -0.25) is 4.90 Å². The van der Waals surface area contributed by atoms with Crippen molar-refractivity contribution in [3.8, 4) is 17.2 Å². The second-order valence-electron chi connectivity index (χ2n) is 9.44. The van der Waals surface area contributed by atoms with Crippen LogP contribution in [0.4, 0.5) is 0 Å². The van der Waals surface area contributed by atoms with Crippen LogP contribution in [-0.2, 0) is 32.7 Å². The van der Waals surface area contributed by atoms with Gasteiger partial charge in [0.05, 0.1) is 19.7 Å². The Hall–Kier alpha value is -3.19. The van der Waals surface area contributed by atoms with Crippen LogP contribution in [0, 0.1) is 0 Å². The maximum Gasteiger partial charge on any atom is 0.161 e. The molecule has 1 atom stereocenters. The number of hydrogen-bond acceptors (Lipinski definition) is 5. The molecule has 0 radical (unpaired) electrons. The van der Waals surface area contributed by atoms with Crippen LogP contribution >= 0.6 is 11.6 Å². The molecule has 1 N–H and O–H groups in total. The number of rotatable bonds is 6. The van der Waals surface area contributed by atoms with E-state index in [1.165, 1.54) is 22.4 Å². The monoisotopic (exact) mass is 504 g/mol. The highest BCUT2D eigenvalue weighted by Gasteiger charge is 2.36. The Bertz CT molecular complexity index is 1430. The Balaban J connectivity index is 1.35. The summed E-state index contributed by atoms with van der Waals surface area (Å²) in [6, 6.07) is 18.3. The van der Waals surface area contributed by atoms with E-state index >= 15 is 0 Å². The maximum atomic E-state index is 10.2. The van der Waals surface area contributed by atoms with Gasteiger partial charge in [-0.05, 0) is 77.6 Å². The minimum atomic E-state index is -0.0323. The second kappa shape index (κ2) is 9.36. The summed E-state index contributed by atoms with van der Waals surface area (Å²) < 4.78 is 19.5. The zero-order valence-corrected chi connectivity index (χ0v) is 21.2. The summed E-state index contributed by atoms with van der Waals surface area (Å²) in [4.78, 5) is 2.51. The fourth-order valence-corrected chi connectivity index (χ4v) is 5.87. The summed E-state index contributed by atoms with van der Waals surface area (Å²) in [5.41, 5.74) is 7.17. The van der Waals surface area contributed by atoms with Gasteiger partial charge in [0.2, 0.25) is 0 Å². The predicted molar refractivity (Wildman–Crippen MR) is 140 cm³/mol.